The highest BCUT2D eigenvalue weighted by atomic mass is 79.9. The van der Waals surface area contributed by atoms with Crippen LogP contribution < -0.4 is 5.32 Å². The first-order valence-corrected chi connectivity index (χ1v) is 6.94. The monoisotopic (exact) mass is 309 g/mol. The second kappa shape index (κ2) is 4.85. The van der Waals surface area contributed by atoms with Crippen LogP contribution in [0.3, 0.4) is 0 Å². The fourth-order valence-corrected chi connectivity index (χ4v) is 2.97. The molecule has 0 aromatic carbocycles. The fraction of sp³-hybridized carbons (Fsp3) is 0.500. The van der Waals surface area contributed by atoms with Crippen LogP contribution in [-0.4, -0.2) is 26.0 Å². The lowest BCUT2D eigenvalue weighted by Crippen LogP contribution is -2.34. The molecule has 2 aromatic heterocycles. The van der Waals surface area contributed by atoms with Gasteiger partial charge in [-0.05, 0) is 40.8 Å². The predicted octanol–water partition coefficient (Wildman–Crippen LogP) is 1.55. The van der Waals surface area contributed by atoms with Crippen LogP contribution >= 0.6 is 15.9 Å². The Morgan fingerprint density at radius 1 is 1.61 bits per heavy atom. The molecule has 1 aliphatic carbocycles. The van der Waals surface area contributed by atoms with Crippen LogP contribution in [0.25, 0.3) is 0 Å². The van der Waals surface area contributed by atoms with E-state index in [4.69, 9.17) is 0 Å². The zero-order chi connectivity index (χ0) is 12.5. The summed E-state index contributed by atoms with van der Waals surface area (Å²) in [5.41, 5.74) is 3.71. The van der Waals surface area contributed by atoms with E-state index in [0.29, 0.717) is 6.04 Å². The first-order chi connectivity index (χ1) is 8.72. The number of nitrogens with zero attached hydrogens (tertiary/aromatic N) is 3. The molecule has 0 fully saturated rings. The van der Waals surface area contributed by atoms with Crippen LogP contribution in [0.1, 0.15) is 23.4 Å². The molecule has 0 amide bonds. The minimum atomic E-state index is 0.518. The number of aromatic nitrogens is 4. The number of rotatable bonds is 3. The first-order valence-electron chi connectivity index (χ1n) is 6.15. The van der Waals surface area contributed by atoms with E-state index in [1.807, 2.05) is 24.1 Å². The van der Waals surface area contributed by atoms with E-state index in [2.05, 4.69) is 36.5 Å². The summed E-state index contributed by atoms with van der Waals surface area (Å²) in [5.74, 6) is 0. The molecule has 5 nitrogen and oxygen atoms in total. The molecule has 0 saturated carbocycles. The van der Waals surface area contributed by atoms with Gasteiger partial charge in [0, 0.05) is 31.5 Å². The molecule has 2 heterocycles. The molecule has 0 radical (unpaired) electrons. The van der Waals surface area contributed by atoms with Gasteiger partial charge in [-0.3, -0.25) is 9.78 Å². The number of hydrogen-bond donors (Lipinski definition) is 2. The van der Waals surface area contributed by atoms with Gasteiger partial charge in [0.2, 0.25) is 0 Å². The summed E-state index contributed by atoms with van der Waals surface area (Å²) in [6, 6.07) is 0.518. The molecule has 1 atom stereocenters. The topological polar surface area (TPSA) is 58.5 Å². The molecule has 0 aliphatic heterocycles. The van der Waals surface area contributed by atoms with Crippen molar-refractivity contribution in [2.45, 2.75) is 31.8 Å². The van der Waals surface area contributed by atoms with Gasteiger partial charge >= 0.3 is 0 Å². The molecule has 0 spiro atoms. The van der Waals surface area contributed by atoms with Crippen LogP contribution in [0.4, 0.5) is 0 Å². The number of nitrogens with one attached hydrogen (secondary N) is 2. The Kier molecular flexibility index (Phi) is 3.22. The van der Waals surface area contributed by atoms with Crippen LogP contribution in [0.2, 0.25) is 0 Å². The van der Waals surface area contributed by atoms with Crippen LogP contribution in [-0.2, 0) is 26.4 Å². The molecular weight excluding hydrogens is 294 g/mol. The normalized spacial score (nSPS) is 18.9. The molecule has 1 aliphatic rings. The third kappa shape index (κ3) is 2.35. The summed E-state index contributed by atoms with van der Waals surface area (Å²) in [7, 11) is 1.94. The van der Waals surface area contributed by atoms with E-state index < -0.39 is 0 Å². The standard InChI is InChI=1S/C12H16BrN5/c1-18-7-10(13)12(17-18)6-14-9-2-3-11-8(4-9)5-15-16-11/h5,7,9,14H,2-4,6H2,1H3,(H,15,16). The Bertz CT molecular complexity index is 544. The molecule has 18 heavy (non-hydrogen) atoms. The maximum atomic E-state index is 4.42. The second-order valence-electron chi connectivity index (χ2n) is 4.79. The molecule has 96 valence electrons. The smallest absolute Gasteiger partial charge is 0.0904 e. The minimum absolute atomic E-state index is 0.518. The maximum Gasteiger partial charge on any atom is 0.0904 e. The first kappa shape index (κ1) is 11.9. The zero-order valence-corrected chi connectivity index (χ0v) is 11.9. The average molecular weight is 310 g/mol. The van der Waals surface area contributed by atoms with E-state index >= 15 is 0 Å². The van der Waals surface area contributed by atoms with Gasteiger partial charge < -0.3 is 5.32 Å². The Morgan fingerprint density at radius 2 is 2.50 bits per heavy atom. The molecule has 0 bridgehead atoms. The van der Waals surface area contributed by atoms with E-state index in [1.165, 1.54) is 11.3 Å². The van der Waals surface area contributed by atoms with Crippen molar-refractivity contribution in [3.8, 4) is 0 Å². The van der Waals surface area contributed by atoms with Crippen molar-refractivity contribution in [1.29, 1.82) is 0 Å². The van der Waals surface area contributed by atoms with Crippen molar-refractivity contribution < 1.29 is 0 Å². The largest absolute Gasteiger partial charge is 0.308 e. The highest BCUT2D eigenvalue weighted by Gasteiger charge is 2.20. The summed E-state index contributed by atoms with van der Waals surface area (Å²) in [4.78, 5) is 0. The van der Waals surface area contributed by atoms with Crippen molar-refractivity contribution >= 4 is 15.9 Å². The minimum Gasteiger partial charge on any atom is -0.308 e. The molecule has 2 aromatic rings. The van der Waals surface area contributed by atoms with Crippen LogP contribution in [0.5, 0.6) is 0 Å². The highest BCUT2D eigenvalue weighted by Crippen LogP contribution is 2.20. The average Bonchev–Trinajstić information content (AvgIpc) is 2.92. The molecule has 0 saturated heterocycles. The van der Waals surface area contributed by atoms with Gasteiger partial charge in [0.05, 0.1) is 16.4 Å². The summed E-state index contributed by atoms with van der Waals surface area (Å²) >= 11 is 3.52. The number of halogens is 1. The lowest BCUT2D eigenvalue weighted by atomic mass is 9.93. The van der Waals surface area contributed by atoms with Gasteiger partial charge in [0.15, 0.2) is 0 Å². The number of hydrogen-bond acceptors (Lipinski definition) is 3. The molecule has 3 rings (SSSR count). The van der Waals surface area contributed by atoms with E-state index in [0.717, 1.165) is 36.0 Å². The molecular formula is C12H16BrN5. The molecule has 2 N–H and O–H groups in total. The summed E-state index contributed by atoms with van der Waals surface area (Å²) in [5, 5.41) is 15.2. The van der Waals surface area contributed by atoms with Crippen molar-refractivity contribution in [3.63, 3.8) is 0 Å². The second-order valence-corrected chi connectivity index (χ2v) is 5.65. The molecule has 1 unspecified atom stereocenters. The lowest BCUT2D eigenvalue weighted by Gasteiger charge is -2.22. The number of H-pyrrole nitrogens is 1. The van der Waals surface area contributed by atoms with Crippen molar-refractivity contribution in [3.05, 3.63) is 33.8 Å². The highest BCUT2D eigenvalue weighted by molar-refractivity contribution is 9.10. The van der Waals surface area contributed by atoms with Gasteiger partial charge in [-0.25, -0.2) is 0 Å². The van der Waals surface area contributed by atoms with Gasteiger partial charge in [0.1, 0.15) is 0 Å². The summed E-state index contributed by atoms with van der Waals surface area (Å²) in [6.45, 7) is 0.805. The Balaban J connectivity index is 1.60. The van der Waals surface area contributed by atoms with Crippen molar-refractivity contribution in [2.75, 3.05) is 0 Å². The zero-order valence-electron chi connectivity index (χ0n) is 10.3. The van der Waals surface area contributed by atoms with E-state index in [1.54, 1.807) is 0 Å². The number of aryl methyl sites for hydroxylation is 2. The fourth-order valence-electron chi connectivity index (χ4n) is 2.46. The van der Waals surface area contributed by atoms with E-state index in [-0.39, 0.29) is 0 Å². The third-order valence-corrected chi connectivity index (χ3v) is 4.09. The van der Waals surface area contributed by atoms with Gasteiger partial charge in [-0.2, -0.15) is 10.2 Å². The number of fused-ring (bicyclic) bond motifs is 1. The Hall–Kier alpha value is -1.14. The SMILES string of the molecule is Cn1cc(Br)c(CNC2CCc3[nH]ncc3C2)n1. The van der Waals surface area contributed by atoms with E-state index in [9.17, 15) is 0 Å². The lowest BCUT2D eigenvalue weighted by molar-refractivity contribution is 0.451. The predicted molar refractivity (Wildman–Crippen MR) is 72.1 cm³/mol. The molecule has 6 heteroatoms. The van der Waals surface area contributed by atoms with Crippen molar-refractivity contribution in [2.24, 2.45) is 7.05 Å². The van der Waals surface area contributed by atoms with Gasteiger partial charge in [-0.15, -0.1) is 0 Å². The Morgan fingerprint density at radius 3 is 3.28 bits per heavy atom. The van der Waals surface area contributed by atoms with Crippen LogP contribution in [0.15, 0.2) is 16.9 Å². The summed E-state index contributed by atoms with van der Waals surface area (Å²) < 4.78 is 2.90. The third-order valence-electron chi connectivity index (χ3n) is 3.43. The maximum absolute atomic E-state index is 4.42. The van der Waals surface area contributed by atoms with Gasteiger partial charge in [0.25, 0.3) is 0 Å². The van der Waals surface area contributed by atoms with Gasteiger partial charge in [-0.1, -0.05) is 0 Å². The Labute approximate surface area is 114 Å². The van der Waals surface area contributed by atoms with Crippen molar-refractivity contribution in [1.82, 2.24) is 25.3 Å². The number of aromatic amines is 1. The quantitative estimate of drug-likeness (QED) is 0.904. The van der Waals surface area contributed by atoms with Crippen LogP contribution in [0, 0.1) is 0 Å². The summed E-state index contributed by atoms with van der Waals surface area (Å²) in [6.07, 6.45) is 7.21.